The van der Waals surface area contributed by atoms with Crippen molar-refractivity contribution < 1.29 is 23.1 Å². The number of pyridine rings is 1. The highest BCUT2D eigenvalue weighted by Gasteiger charge is 2.36. The lowest BCUT2D eigenvalue weighted by atomic mass is 9.93. The van der Waals surface area contributed by atoms with Crippen LogP contribution in [0.4, 0.5) is 19.1 Å². The summed E-state index contributed by atoms with van der Waals surface area (Å²) in [4.78, 5) is 20.6. The summed E-state index contributed by atoms with van der Waals surface area (Å²) in [6.45, 7) is 1.64. The molecule has 0 bridgehead atoms. The second-order valence-corrected chi connectivity index (χ2v) is 8.30. The van der Waals surface area contributed by atoms with E-state index >= 15 is 0 Å². The van der Waals surface area contributed by atoms with Crippen LogP contribution in [-0.2, 0) is 11.0 Å². The van der Waals surface area contributed by atoms with E-state index in [4.69, 9.17) is 0 Å². The number of amides is 1. The summed E-state index contributed by atoms with van der Waals surface area (Å²) in [6.07, 6.45) is 0.636. The van der Waals surface area contributed by atoms with Crippen LogP contribution in [0.15, 0.2) is 12.1 Å². The van der Waals surface area contributed by atoms with Gasteiger partial charge in [0.05, 0.1) is 12.0 Å². The number of rotatable bonds is 6. The second-order valence-electron chi connectivity index (χ2n) is 8.30. The van der Waals surface area contributed by atoms with Gasteiger partial charge in [-0.05, 0) is 50.7 Å². The molecule has 6 nitrogen and oxygen atoms in total. The molecule has 2 aliphatic carbocycles. The topological polar surface area (TPSA) is 80.0 Å². The first-order valence-corrected chi connectivity index (χ1v) is 9.61. The Kier molecular flexibility index (Phi) is 4.60. The van der Waals surface area contributed by atoms with Gasteiger partial charge in [0.2, 0.25) is 11.9 Å². The monoisotopic (exact) mass is 396 g/mol. The summed E-state index contributed by atoms with van der Waals surface area (Å²) >= 11 is 0. The summed E-state index contributed by atoms with van der Waals surface area (Å²) in [5.41, 5.74) is -1.66. The largest absolute Gasteiger partial charge is 0.433 e. The summed E-state index contributed by atoms with van der Waals surface area (Å²) in [5, 5.41) is 13.1. The van der Waals surface area contributed by atoms with Gasteiger partial charge in [-0.1, -0.05) is 12.8 Å². The van der Waals surface area contributed by atoms with Crippen LogP contribution in [0, 0.1) is 5.92 Å². The molecule has 0 saturated heterocycles. The number of anilines is 1. The maximum Gasteiger partial charge on any atom is 0.433 e. The van der Waals surface area contributed by atoms with Crippen LogP contribution in [0.5, 0.6) is 0 Å². The number of aliphatic hydroxyl groups is 1. The van der Waals surface area contributed by atoms with E-state index in [-0.39, 0.29) is 24.1 Å². The Morgan fingerprint density at radius 2 is 1.96 bits per heavy atom. The van der Waals surface area contributed by atoms with E-state index in [9.17, 15) is 23.1 Å². The molecule has 0 spiro atoms. The summed E-state index contributed by atoms with van der Waals surface area (Å²) in [5.74, 6) is 0.253. The Hall–Kier alpha value is -2.16. The highest BCUT2D eigenvalue weighted by molar-refractivity contribution is 5.91. The number of halogens is 3. The number of aromatic nitrogens is 3. The average Bonchev–Trinajstić information content (AvgIpc) is 3.25. The molecular weight excluding hydrogens is 373 g/mol. The van der Waals surface area contributed by atoms with Gasteiger partial charge in [0.15, 0.2) is 5.65 Å². The predicted octanol–water partition coefficient (Wildman–Crippen LogP) is 4.05. The van der Waals surface area contributed by atoms with Gasteiger partial charge >= 0.3 is 6.18 Å². The van der Waals surface area contributed by atoms with Gasteiger partial charge < -0.3 is 5.11 Å². The van der Waals surface area contributed by atoms with Crippen LogP contribution in [0.1, 0.15) is 63.6 Å². The van der Waals surface area contributed by atoms with Crippen molar-refractivity contribution in [3.05, 3.63) is 17.8 Å². The van der Waals surface area contributed by atoms with E-state index in [1.54, 1.807) is 11.5 Å². The second kappa shape index (κ2) is 6.72. The van der Waals surface area contributed by atoms with Crippen molar-refractivity contribution in [1.82, 2.24) is 14.5 Å². The van der Waals surface area contributed by atoms with Crippen LogP contribution < -0.4 is 5.32 Å². The minimum Gasteiger partial charge on any atom is -0.390 e. The molecule has 0 aromatic carbocycles. The summed E-state index contributed by atoms with van der Waals surface area (Å²) in [6, 6.07) is 2.13. The zero-order valence-electron chi connectivity index (χ0n) is 15.6. The highest BCUT2D eigenvalue weighted by atomic mass is 19.4. The number of hydrogen-bond donors (Lipinski definition) is 2. The number of nitrogens with zero attached hydrogens (tertiary/aromatic N) is 3. The molecule has 28 heavy (non-hydrogen) atoms. The number of fused-ring (bicyclic) bond motifs is 1. The average molecular weight is 396 g/mol. The van der Waals surface area contributed by atoms with Gasteiger partial charge in [-0.15, -0.1) is 0 Å². The molecule has 2 N–H and O–H groups in total. The van der Waals surface area contributed by atoms with Gasteiger partial charge in [0.1, 0.15) is 11.2 Å². The smallest absolute Gasteiger partial charge is 0.390 e. The Bertz CT molecular complexity index is 898. The highest BCUT2D eigenvalue weighted by Crippen LogP contribution is 2.39. The van der Waals surface area contributed by atoms with Crippen LogP contribution in [0.2, 0.25) is 0 Å². The van der Waals surface area contributed by atoms with Gasteiger partial charge in [0, 0.05) is 6.04 Å². The Labute approximate surface area is 160 Å². The molecule has 2 heterocycles. The van der Waals surface area contributed by atoms with Crippen LogP contribution in [-0.4, -0.2) is 31.1 Å². The molecule has 9 heteroatoms. The lowest BCUT2D eigenvalue weighted by molar-refractivity contribution is -0.141. The first-order valence-electron chi connectivity index (χ1n) is 9.61. The third-order valence-electron chi connectivity index (χ3n) is 5.49. The van der Waals surface area contributed by atoms with Gasteiger partial charge in [0.25, 0.3) is 0 Å². The van der Waals surface area contributed by atoms with E-state index in [0.29, 0.717) is 17.9 Å². The summed E-state index contributed by atoms with van der Waals surface area (Å²) in [7, 11) is 0. The van der Waals surface area contributed by atoms with E-state index in [1.807, 2.05) is 0 Å². The molecule has 0 aliphatic heterocycles. The molecule has 152 valence electrons. The fourth-order valence-corrected chi connectivity index (χ4v) is 3.74. The molecule has 2 fully saturated rings. The first-order chi connectivity index (χ1) is 13.1. The molecule has 2 aromatic rings. The number of carbonyl (C=O) groups is 1. The van der Waals surface area contributed by atoms with Crippen LogP contribution >= 0.6 is 0 Å². The number of imidazole rings is 1. The third kappa shape index (κ3) is 3.99. The summed E-state index contributed by atoms with van der Waals surface area (Å²) < 4.78 is 40.8. The Balaban J connectivity index is 1.61. The molecule has 2 saturated carbocycles. The Morgan fingerprint density at radius 1 is 1.25 bits per heavy atom. The standard InChI is InChI=1S/C19H23F3N4O2/c1-18(28,9-11-5-6-11)10-15(27)25-17-23-13-7-8-14(19(20,21)22)24-16(13)26(17)12-3-2-4-12/h7-8,11-12,28H,2-6,9-10H2,1H3,(H,23,25,27). The number of alkyl halides is 3. The molecule has 4 rings (SSSR count). The van der Waals surface area contributed by atoms with Gasteiger partial charge in [-0.25, -0.2) is 9.97 Å². The minimum absolute atomic E-state index is 0.0387. The fourth-order valence-electron chi connectivity index (χ4n) is 3.74. The van der Waals surface area contributed by atoms with Crippen molar-refractivity contribution in [2.75, 3.05) is 5.32 Å². The van der Waals surface area contributed by atoms with E-state index < -0.39 is 23.4 Å². The van der Waals surface area contributed by atoms with Gasteiger partial charge in [-0.2, -0.15) is 13.2 Å². The normalized spacial score (nSPS) is 20.0. The van der Waals surface area contributed by atoms with Crippen molar-refractivity contribution in [2.45, 2.75) is 69.7 Å². The van der Waals surface area contributed by atoms with Crippen molar-refractivity contribution >= 4 is 23.0 Å². The zero-order chi connectivity index (χ0) is 20.1. The molecule has 1 unspecified atom stereocenters. The van der Waals surface area contributed by atoms with Gasteiger partial charge in [-0.3, -0.25) is 14.7 Å². The zero-order valence-corrected chi connectivity index (χ0v) is 15.6. The van der Waals surface area contributed by atoms with E-state index in [0.717, 1.165) is 38.2 Å². The molecular formula is C19H23F3N4O2. The maximum atomic E-state index is 13.1. The quantitative estimate of drug-likeness (QED) is 0.772. The number of nitrogens with one attached hydrogen (secondary N) is 1. The van der Waals surface area contributed by atoms with Crippen LogP contribution in [0.3, 0.4) is 0 Å². The van der Waals surface area contributed by atoms with E-state index in [2.05, 4.69) is 15.3 Å². The minimum atomic E-state index is -4.55. The van der Waals surface area contributed by atoms with Crippen molar-refractivity contribution in [1.29, 1.82) is 0 Å². The molecule has 1 amide bonds. The van der Waals surface area contributed by atoms with Crippen molar-refractivity contribution in [3.8, 4) is 0 Å². The lowest BCUT2D eigenvalue weighted by Crippen LogP contribution is -2.32. The fraction of sp³-hybridized carbons (Fsp3) is 0.632. The molecule has 1 atom stereocenters. The third-order valence-corrected chi connectivity index (χ3v) is 5.49. The Morgan fingerprint density at radius 3 is 2.54 bits per heavy atom. The maximum absolute atomic E-state index is 13.1. The van der Waals surface area contributed by atoms with Crippen molar-refractivity contribution in [3.63, 3.8) is 0 Å². The van der Waals surface area contributed by atoms with Crippen LogP contribution in [0.25, 0.3) is 11.2 Å². The molecule has 2 aromatic heterocycles. The lowest BCUT2D eigenvalue weighted by Gasteiger charge is -2.29. The SMILES string of the molecule is CC(O)(CC(=O)Nc1nc2ccc(C(F)(F)F)nc2n1C1CCC1)CC1CC1. The van der Waals surface area contributed by atoms with E-state index in [1.165, 1.54) is 6.07 Å². The molecule has 2 aliphatic rings. The number of carbonyl (C=O) groups excluding carboxylic acids is 1. The predicted molar refractivity (Wildman–Crippen MR) is 96.6 cm³/mol. The van der Waals surface area contributed by atoms with Crippen molar-refractivity contribution in [2.24, 2.45) is 5.92 Å². The first kappa shape index (κ1) is 19.2. The molecule has 0 radical (unpaired) electrons. The number of hydrogen-bond acceptors (Lipinski definition) is 4.